The molecule has 21 heavy (non-hydrogen) atoms. The van der Waals surface area contributed by atoms with Crippen LogP contribution >= 0.6 is 0 Å². The molecule has 1 aromatic carbocycles. The van der Waals surface area contributed by atoms with Crippen LogP contribution in [0.3, 0.4) is 0 Å². The fraction of sp³-hybridized carbons (Fsp3) is 0.214. The maximum absolute atomic E-state index is 12.2. The molecule has 0 saturated carbocycles. The number of nitrogens with one attached hydrogen (secondary N) is 1. The summed E-state index contributed by atoms with van der Waals surface area (Å²) in [5.74, 6) is 0.125. The number of hydrogen-bond acceptors (Lipinski definition) is 4. The van der Waals surface area contributed by atoms with Crippen molar-refractivity contribution in [3.8, 4) is 0 Å². The lowest BCUT2D eigenvalue weighted by atomic mass is 10.1. The van der Waals surface area contributed by atoms with E-state index in [1.54, 1.807) is 26.8 Å². The van der Waals surface area contributed by atoms with Gasteiger partial charge in [-0.1, -0.05) is 0 Å². The van der Waals surface area contributed by atoms with Crippen LogP contribution in [-0.4, -0.2) is 14.3 Å². The molecule has 1 amide bonds. The highest BCUT2D eigenvalue weighted by Gasteiger charge is 2.16. The summed E-state index contributed by atoms with van der Waals surface area (Å²) in [7, 11) is -3.83. The van der Waals surface area contributed by atoms with Crippen LogP contribution in [0.1, 0.15) is 27.2 Å². The van der Waals surface area contributed by atoms with Gasteiger partial charge >= 0.3 is 0 Å². The number of anilines is 1. The second-order valence-electron chi connectivity index (χ2n) is 4.80. The largest absolute Gasteiger partial charge is 0.469 e. The monoisotopic (exact) mass is 308 g/mol. The number of carbonyl (C=O) groups is 1. The minimum Gasteiger partial charge on any atom is -0.469 e. The number of benzene rings is 1. The standard InChI is InChI=1S/C14H16N2O4S/c1-8-6-11(21(15,18)19)7-13(9(8)2)16-14(17)12-4-5-20-10(12)3/h4-7H,1-3H3,(H,16,17)(H2,15,18,19). The van der Waals surface area contributed by atoms with Crippen LogP contribution in [0.4, 0.5) is 5.69 Å². The Morgan fingerprint density at radius 2 is 1.90 bits per heavy atom. The van der Waals surface area contributed by atoms with Crippen LogP contribution in [0.5, 0.6) is 0 Å². The molecule has 1 heterocycles. The first kappa shape index (κ1) is 15.3. The molecular weight excluding hydrogens is 292 g/mol. The summed E-state index contributed by atoms with van der Waals surface area (Å²) in [5.41, 5.74) is 2.30. The lowest BCUT2D eigenvalue weighted by Gasteiger charge is -2.12. The molecule has 7 heteroatoms. The minimum absolute atomic E-state index is 0.0372. The van der Waals surface area contributed by atoms with Crippen molar-refractivity contribution >= 4 is 21.6 Å². The highest BCUT2D eigenvalue weighted by atomic mass is 32.2. The number of furan rings is 1. The quantitative estimate of drug-likeness (QED) is 0.906. The molecule has 2 aromatic rings. The summed E-state index contributed by atoms with van der Waals surface area (Å²) in [4.78, 5) is 12.1. The molecule has 6 nitrogen and oxygen atoms in total. The molecule has 0 unspecified atom stereocenters. The van der Waals surface area contributed by atoms with Crippen molar-refractivity contribution in [2.45, 2.75) is 25.7 Å². The predicted molar refractivity (Wildman–Crippen MR) is 78.7 cm³/mol. The van der Waals surface area contributed by atoms with Crippen molar-refractivity contribution in [3.63, 3.8) is 0 Å². The lowest BCUT2D eigenvalue weighted by molar-refractivity contribution is 0.102. The number of nitrogens with two attached hydrogens (primary N) is 1. The van der Waals surface area contributed by atoms with E-state index < -0.39 is 10.0 Å². The van der Waals surface area contributed by atoms with Gasteiger partial charge in [0.1, 0.15) is 5.76 Å². The first-order valence-corrected chi connectivity index (χ1v) is 7.74. The highest BCUT2D eigenvalue weighted by molar-refractivity contribution is 7.89. The van der Waals surface area contributed by atoms with Gasteiger partial charge in [-0.25, -0.2) is 13.6 Å². The van der Waals surface area contributed by atoms with Gasteiger partial charge in [0.15, 0.2) is 0 Å². The molecule has 0 fully saturated rings. The summed E-state index contributed by atoms with van der Waals surface area (Å²) in [6, 6.07) is 4.38. The Hall–Kier alpha value is -2.12. The van der Waals surface area contributed by atoms with E-state index in [0.717, 1.165) is 11.1 Å². The van der Waals surface area contributed by atoms with Gasteiger partial charge in [-0.2, -0.15) is 0 Å². The Morgan fingerprint density at radius 1 is 1.24 bits per heavy atom. The minimum atomic E-state index is -3.83. The van der Waals surface area contributed by atoms with Gasteiger partial charge in [0.05, 0.1) is 16.7 Å². The van der Waals surface area contributed by atoms with Gasteiger partial charge in [-0.05, 0) is 50.1 Å². The number of rotatable bonds is 3. The first-order valence-electron chi connectivity index (χ1n) is 6.19. The van der Waals surface area contributed by atoms with Gasteiger partial charge in [0, 0.05) is 5.69 Å². The zero-order valence-corrected chi connectivity index (χ0v) is 12.7. The van der Waals surface area contributed by atoms with E-state index in [0.29, 0.717) is 17.0 Å². The molecule has 0 bridgehead atoms. The van der Waals surface area contributed by atoms with Crippen molar-refractivity contribution in [1.29, 1.82) is 0 Å². The maximum Gasteiger partial charge on any atom is 0.259 e. The van der Waals surface area contributed by atoms with E-state index in [1.165, 1.54) is 18.4 Å². The average Bonchev–Trinajstić information content (AvgIpc) is 2.79. The van der Waals surface area contributed by atoms with Gasteiger partial charge in [-0.15, -0.1) is 0 Å². The Labute approximate surface area is 123 Å². The van der Waals surface area contributed by atoms with Crippen LogP contribution in [-0.2, 0) is 10.0 Å². The fourth-order valence-electron chi connectivity index (χ4n) is 1.93. The summed E-state index contributed by atoms with van der Waals surface area (Å²) >= 11 is 0. The van der Waals surface area contributed by atoms with E-state index >= 15 is 0 Å². The average molecular weight is 308 g/mol. The van der Waals surface area contributed by atoms with Crippen molar-refractivity contribution in [2.75, 3.05) is 5.32 Å². The topological polar surface area (TPSA) is 102 Å². The SMILES string of the molecule is Cc1cc(S(N)(=O)=O)cc(NC(=O)c2ccoc2C)c1C. The van der Waals surface area contributed by atoms with E-state index in [-0.39, 0.29) is 10.8 Å². The summed E-state index contributed by atoms with van der Waals surface area (Å²) < 4.78 is 28.0. The van der Waals surface area contributed by atoms with Crippen LogP contribution in [0.25, 0.3) is 0 Å². The zero-order valence-electron chi connectivity index (χ0n) is 11.9. The number of sulfonamides is 1. The smallest absolute Gasteiger partial charge is 0.259 e. The molecule has 0 saturated heterocycles. The van der Waals surface area contributed by atoms with Gasteiger partial charge in [-0.3, -0.25) is 4.79 Å². The number of carbonyl (C=O) groups excluding carboxylic acids is 1. The third-order valence-electron chi connectivity index (χ3n) is 3.32. The van der Waals surface area contributed by atoms with E-state index in [4.69, 9.17) is 9.56 Å². The summed E-state index contributed by atoms with van der Waals surface area (Å²) in [5, 5.41) is 7.83. The molecule has 3 N–H and O–H groups in total. The number of hydrogen-bond donors (Lipinski definition) is 2. The molecule has 0 aliphatic rings. The predicted octanol–water partition coefficient (Wildman–Crippen LogP) is 2.10. The summed E-state index contributed by atoms with van der Waals surface area (Å²) in [6.07, 6.45) is 1.42. The van der Waals surface area contributed by atoms with E-state index in [1.807, 2.05) is 0 Å². The van der Waals surface area contributed by atoms with Gasteiger partial charge < -0.3 is 9.73 Å². The van der Waals surface area contributed by atoms with Crippen molar-refractivity contribution in [2.24, 2.45) is 5.14 Å². The second-order valence-corrected chi connectivity index (χ2v) is 6.36. The van der Waals surface area contributed by atoms with E-state index in [9.17, 15) is 13.2 Å². The molecular formula is C14H16N2O4S. The number of primary sulfonamides is 1. The number of amides is 1. The molecule has 0 radical (unpaired) electrons. The van der Waals surface area contributed by atoms with Crippen molar-refractivity contribution < 1.29 is 17.6 Å². The summed E-state index contributed by atoms with van der Waals surface area (Å²) in [6.45, 7) is 5.22. The van der Waals surface area contributed by atoms with Gasteiger partial charge in [0.2, 0.25) is 10.0 Å². The fourth-order valence-corrected chi connectivity index (χ4v) is 2.55. The van der Waals surface area contributed by atoms with Crippen molar-refractivity contribution in [1.82, 2.24) is 0 Å². The second kappa shape index (κ2) is 5.34. The van der Waals surface area contributed by atoms with Crippen LogP contribution in [0.15, 0.2) is 33.8 Å². The van der Waals surface area contributed by atoms with Gasteiger partial charge in [0.25, 0.3) is 5.91 Å². The van der Waals surface area contributed by atoms with E-state index in [2.05, 4.69) is 5.32 Å². The molecule has 0 spiro atoms. The highest BCUT2D eigenvalue weighted by Crippen LogP contribution is 2.24. The molecule has 0 atom stereocenters. The third-order valence-corrected chi connectivity index (χ3v) is 4.21. The molecule has 112 valence electrons. The molecule has 2 rings (SSSR count). The Balaban J connectivity index is 2.43. The molecule has 1 aromatic heterocycles. The lowest BCUT2D eigenvalue weighted by Crippen LogP contribution is -2.16. The van der Waals surface area contributed by atoms with Crippen molar-refractivity contribution in [3.05, 3.63) is 46.9 Å². The third kappa shape index (κ3) is 3.14. The zero-order chi connectivity index (χ0) is 15.8. The van der Waals surface area contributed by atoms with Crippen LogP contribution in [0.2, 0.25) is 0 Å². The molecule has 0 aliphatic carbocycles. The Morgan fingerprint density at radius 3 is 2.43 bits per heavy atom. The first-order chi connectivity index (χ1) is 9.70. The van der Waals surface area contributed by atoms with Crippen LogP contribution in [0, 0.1) is 20.8 Å². The maximum atomic E-state index is 12.2. The Kier molecular flexibility index (Phi) is 3.89. The number of aryl methyl sites for hydroxylation is 2. The van der Waals surface area contributed by atoms with Crippen LogP contribution < -0.4 is 10.5 Å². The Bertz CT molecular complexity index is 806. The molecule has 0 aliphatic heterocycles. The normalized spacial score (nSPS) is 11.4.